The van der Waals surface area contributed by atoms with Gasteiger partial charge in [0.15, 0.2) is 0 Å². The van der Waals surface area contributed by atoms with Crippen molar-refractivity contribution in [2.24, 2.45) is 5.41 Å². The Labute approximate surface area is 151 Å². The van der Waals surface area contributed by atoms with Crippen LogP contribution in [0, 0.1) is 5.41 Å². The maximum Gasteiger partial charge on any atom is 0.330 e. The van der Waals surface area contributed by atoms with Crippen molar-refractivity contribution < 1.29 is 37.4 Å². The maximum absolute atomic E-state index is 11.9. The zero-order valence-electron chi connectivity index (χ0n) is 15.8. The zero-order valence-corrected chi connectivity index (χ0v) is 17.6. The second-order valence-corrected chi connectivity index (χ2v) is 10.6. The third-order valence-electron chi connectivity index (χ3n) is 3.05. The molecule has 0 radical (unpaired) electrons. The maximum atomic E-state index is 11.9. The molecule has 0 aromatic carbocycles. The van der Waals surface area contributed by atoms with E-state index in [0.29, 0.717) is 13.2 Å². The van der Waals surface area contributed by atoms with Gasteiger partial charge in [0, 0.05) is 18.6 Å². The van der Waals surface area contributed by atoms with Crippen LogP contribution in [0.1, 0.15) is 40.5 Å². The van der Waals surface area contributed by atoms with Gasteiger partial charge in [-0.2, -0.15) is 0 Å². The lowest BCUT2D eigenvalue weighted by atomic mass is 9.97. The van der Waals surface area contributed by atoms with E-state index >= 15 is 0 Å². The molecule has 0 fully saturated rings. The number of hydrogen-bond donors (Lipinski definition) is 2. The highest BCUT2D eigenvalue weighted by molar-refractivity contribution is 7.53. The predicted octanol–water partition coefficient (Wildman–Crippen LogP) is 3.27. The first-order valence-electron chi connectivity index (χ1n) is 8.62. The van der Waals surface area contributed by atoms with Crippen LogP contribution in [0.2, 0.25) is 0 Å². The van der Waals surface area contributed by atoms with Crippen molar-refractivity contribution in [2.45, 2.75) is 40.5 Å². The SMILES string of the molecule is CCCOCCP(=O)(O)OCC(C)(C)COP(=O)(O)CCOCCC. The molecule has 0 spiro atoms. The first-order chi connectivity index (χ1) is 11.5. The summed E-state index contributed by atoms with van der Waals surface area (Å²) < 4.78 is 44.4. The fourth-order valence-electron chi connectivity index (χ4n) is 1.57. The summed E-state index contributed by atoms with van der Waals surface area (Å²) in [5.74, 6) is 0. The van der Waals surface area contributed by atoms with E-state index in [1.54, 1.807) is 13.8 Å². The molecule has 10 heteroatoms. The van der Waals surface area contributed by atoms with Crippen LogP contribution >= 0.6 is 15.2 Å². The summed E-state index contributed by atoms with van der Waals surface area (Å²) in [4.78, 5) is 19.5. The van der Waals surface area contributed by atoms with Crippen LogP contribution in [-0.2, 0) is 27.7 Å². The Morgan fingerprint density at radius 1 is 0.760 bits per heavy atom. The second kappa shape index (κ2) is 12.6. The Morgan fingerprint density at radius 3 is 1.44 bits per heavy atom. The Balaban J connectivity index is 4.17. The molecule has 25 heavy (non-hydrogen) atoms. The lowest BCUT2D eigenvalue weighted by Crippen LogP contribution is -2.25. The van der Waals surface area contributed by atoms with Crippen molar-refractivity contribution in [2.75, 3.05) is 52.0 Å². The topological polar surface area (TPSA) is 112 Å². The molecule has 0 aliphatic carbocycles. The Kier molecular flexibility index (Phi) is 12.7. The fraction of sp³-hybridized carbons (Fsp3) is 1.00. The lowest BCUT2D eigenvalue weighted by molar-refractivity contribution is 0.0894. The van der Waals surface area contributed by atoms with Crippen molar-refractivity contribution >= 4 is 15.2 Å². The lowest BCUT2D eigenvalue weighted by Gasteiger charge is -2.26. The van der Waals surface area contributed by atoms with E-state index in [0.717, 1.165) is 12.8 Å². The van der Waals surface area contributed by atoms with Crippen LogP contribution in [0.15, 0.2) is 0 Å². The van der Waals surface area contributed by atoms with E-state index in [-0.39, 0.29) is 38.8 Å². The van der Waals surface area contributed by atoms with Gasteiger partial charge in [-0.1, -0.05) is 27.7 Å². The van der Waals surface area contributed by atoms with Gasteiger partial charge in [-0.3, -0.25) is 9.13 Å². The van der Waals surface area contributed by atoms with Gasteiger partial charge in [-0.25, -0.2) is 0 Å². The fourth-order valence-corrected chi connectivity index (χ4v) is 3.65. The van der Waals surface area contributed by atoms with Gasteiger partial charge in [0.2, 0.25) is 0 Å². The predicted molar refractivity (Wildman–Crippen MR) is 97.3 cm³/mol. The van der Waals surface area contributed by atoms with Crippen LogP contribution in [0.25, 0.3) is 0 Å². The first kappa shape index (κ1) is 25.2. The number of rotatable bonds is 16. The highest BCUT2D eigenvalue weighted by atomic mass is 31.2. The van der Waals surface area contributed by atoms with E-state index in [4.69, 9.17) is 18.5 Å². The molecule has 2 atom stereocenters. The van der Waals surface area contributed by atoms with E-state index in [2.05, 4.69) is 0 Å². The molecule has 0 amide bonds. The van der Waals surface area contributed by atoms with Crippen molar-refractivity contribution in [3.63, 3.8) is 0 Å². The van der Waals surface area contributed by atoms with Crippen molar-refractivity contribution in [1.82, 2.24) is 0 Å². The van der Waals surface area contributed by atoms with Gasteiger partial charge in [0.25, 0.3) is 0 Å². The Hall–Kier alpha value is 0.220. The molecule has 0 saturated heterocycles. The minimum atomic E-state index is -3.75. The average molecular weight is 404 g/mol. The van der Waals surface area contributed by atoms with E-state index in [9.17, 15) is 18.9 Å². The molecule has 0 aliphatic rings. The second-order valence-electron chi connectivity index (χ2n) is 6.66. The summed E-state index contributed by atoms with van der Waals surface area (Å²) in [6.45, 7) is 8.61. The number of hydrogen-bond acceptors (Lipinski definition) is 6. The number of ether oxygens (including phenoxy) is 2. The summed E-state index contributed by atoms with van der Waals surface area (Å²) in [5.41, 5.74) is -0.689. The van der Waals surface area contributed by atoms with Crippen molar-refractivity contribution in [3.8, 4) is 0 Å². The third kappa shape index (κ3) is 15.0. The molecular formula is C15H34O8P2. The normalized spacial score (nSPS) is 17.2. The summed E-state index contributed by atoms with van der Waals surface area (Å²) in [7, 11) is -7.50. The van der Waals surface area contributed by atoms with Gasteiger partial charge < -0.3 is 28.3 Å². The van der Waals surface area contributed by atoms with Crippen LogP contribution in [-0.4, -0.2) is 61.8 Å². The molecular weight excluding hydrogens is 370 g/mol. The smallest absolute Gasteiger partial charge is 0.330 e. The largest absolute Gasteiger partial charge is 0.381 e. The van der Waals surface area contributed by atoms with Crippen LogP contribution in [0.4, 0.5) is 0 Å². The molecule has 0 aromatic heterocycles. The average Bonchev–Trinajstić information content (AvgIpc) is 2.53. The van der Waals surface area contributed by atoms with Crippen molar-refractivity contribution in [3.05, 3.63) is 0 Å². The van der Waals surface area contributed by atoms with E-state index in [1.165, 1.54) is 0 Å². The van der Waals surface area contributed by atoms with Gasteiger partial charge in [-0.05, 0) is 12.8 Å². The first-order valence-corrected chi connectivity index (χ1v) is 12.1. The van der Waals surface area contributed by atoms with Gasteiger partial charge in [0.05, 0.1) is 38.8 Å². The quantitative estimate of drug-likeness (QED) is 0.298. The highest BCUT2D eigenvalue weighted by Gasteiger charge is 2.29. The van der Waals surface area contributed by atoms with Crippen LogP contribution < -0.4 is 0 Å². The molecule has 0 heterocycles. The minimum Gasteiger partial charge on any atom is -0.381 e. The Bertz CT molecular complexity index is 403. The molecule has 0 saturated carbocycles. The summed E-state index contributed by atoms with van der Waals surface area (Å²) in [6.07, 6.45) is 1.51. The molecule has 2 N–H and O–H groups in total. The minimum absolute atomic E-state index is 0.0686. The van der Waals surface area contributed by atoms with Crippen LogP contribution in [0.5, 0.6) is 0 Å². The summed E-state index contributed by atoms with van der Waals surface area (Å²) in [6, 6.07) is 0. The standard InChI is InChI=1S/C15H34O8P2/c1-5-7-20-9-11-24(16,17)22-13-15(3,4)14-23-25(18,19)12-10-21-8-6-2/h5-14H2,1-4H3,(H,16,17)(H,18,19). The van der Waals surface area contributed by atoms with Crippen molar-refractivity contribution in [1.29, 1.82) is 0 Å². The molecule has 152 valence electrons. The van der Waals surface area contributed by atoms with E-state index in [1.807, 2.05) is 13.8 Å². The summed E-state index contributed by atoms with van der Waals surface area (Å²) in [5, 5.41) is 0. The molecule has 0 rings (SSSR count). The van der Waals surface area contributed by atoms with E-state index < -0.39 is 20.6 Å². The van der Waals surface area contributed by atoms with Gasteiger partial charge in [0.1, 0.15) is 0 Å². The van der Waals surface area contributed by atoms with Gasteiger partial charge in [-0.15, -0.1) is 0 Å². The monoisotopic (exact) mass is 404 g/mol. The molecule has 0 aliphatic heterocycles. The highest BCUT2D eigenvalue weighted by Crippen LogP contribution is 2.45. The third-order valence-corrected chi connectivity index (χ3v) is 5.61. The molecule has 2 unspecified atom stereocenters. The molecule has 0 aromatic rings. The zero-order chi connectivity index (χ0) is 19.4. The van der Waals surface area contributed by atoms with Gasteiger partial charge >= 0.3 is 15.2 Å². The van der Waals surface area contributed by atoms with Crippen LogP contribution in [0.3, 0.4) is 0 Å². The Morgan fingerprint density at radius 2 is 1.12 bits per heavy atom. The summed E-state index contributed by atoms with van der Waals surface area (Å²) >= 11 is 0. The molecule has 0 bridgehead atoms. The molecule has 8 nitrogen and oxygen atoms in total.